The number of carbonyl (C=O) groups is 1. The molecule has 0 saturated heterocycles. The molecule has 9 nitrogen and oxygen atoms in total. The summed E-state index contributed by atoms with van der Waals surface area (Å²) in [6, 6.07) is 3.16. The lowest BCUT2D eigenvalue weighted by molar-refractivity contribution is -0.136. The second-order valence-corrected chi connectivity index (χ2v) is 7.57. The van der Waals surface area contributed by atoms with Gasteiger partial charge < -0.3 is 25.7 Å². The third-order valence-corrected chi connectivity index (χ3v) is 4.70. The minimum absolute atomic E-state index is 0.0346. The van der Waals surface area contributed by atoms with Gasteiger partial charge in [0.15, 0.2) is 0 Å². The molecule has 0 bridgehead atoms. The van der Waals surface area contributed by atoms with E-state index in [4.69, 9.17) is 16.4 Å². The summed E-state index contributed by atoms with van der Waals surface area (Å²) < 4.78 is 13.3. The molecule has 2 heterocycles. The number of rotatable bonds is 6. The molecule has 1 aromatic heterocycles. The molecule has 0 saturated carbocycles. The van der Waals surface area contributed by atoms with E-state index >= 15 is 0 Å². The standard InChI is InChI=1S/C19H23ClFN5O4/c1-10(2)23-18-22-6-12-15(24-18)7-26(8-17(12)28)30-19(29)25-16(9-27)11-3-4-14(21)13(20)5-11/h3-6,10,16-17,27-28H,7-9H2,1-2H3,(H,25,29)(H,22,23,24). The first-order valence-electron chi connectivity index (χ1n) is 9.36. The van der Waals surface area contributed by atoms with E-state index in [9.17, 15) is 19.4 Å². The Morgan fingerprint density at radius 2 is 2.23 bits per heavy atom. The minimum atomic E-state index is -0.931. The van der Waals surface area contributed by atoms with Crippen LogP contribution in [0.25, 0.3) is 0 Å². The Bertz CT molecular complexity index is 916. The van der Waals surface area contributed by atoms with Gasteiger partial charge in [0.25, 0.3) is 0 Å². The average Bonchev–Trinajstić information content (AvgIpc) is 2.67. The number of amides is 1. The second-order valence-electron chi connectivity index (χ2n) is 7.16. The van der Waals surface area contributed by atoms with E-state index in [1.807, 2.05) is 13.8 Å². The SMILES string of the molecule is CC(C)Nc1ncc2c(n1)CN(OC(=O)NC(CO)c1ccc(F)c(Cl)c1)CC2O. The summed E-state index contributed by atoms with van der Waals surface area (Å²) >= 11 is 5.76. The second kappa shape index (κ2) is 9.52. The number of nitrogens with one attached hydrogen (secondary N) is 2. The number of β-amino-alcohol motifs (C(OH)–C–C–N with tert-alkyl or cyclic N) is 1. The lowest BCUT2D eigenvalue weighted by Crippen LogP contribution is -2.41. The molecule has 2 unspecified atom stereocenters. The Morgan fingerprint density at radius 3 is 2.90 bits per heavy atom. The van der Waals surface area contributed by atoms with Crippen molar-refractivity contribution in [1.29, 1.82) is 0 Å². The van der Waals surface area contributed by atoms with Gasteiger partial charge in [-0.2, -0.15) is 0 Å². The first kappa shape index (κ1) is 22.2. The van der Waals surface area contributed by atoms with Gasteiger partial charge in [0, 0.05) is 17.8 Å². The molecule has 0 spiro atoms. The van der Waals surface area contributed by atoms with Crippen LogP contribution in [-0.2, 0) is 11.4 Å². The first-order chi connectivity index (χ1) is 14.3. The summed E-state index contributed by atoms with van der Waals surface area (Å²) in [7, 11) is 0. The maximum Gasteiger partial charge on any atom is 0.426 e. The molecular weight excluding hydrogens is 417 g/mol. The van der Waals surface area contributed by atoms with Crippen LogP contribution in [0.5, 0.6) is 0 Å². The zero-order valence-corrected chi connectivity index (χ0v) is 17.2. The van der Waals surface area contributed by atoms with Gasteiger partial charge in [-0.05, 0) is 31.5 Å². The minimum Gasteiger partial charge on any atom is -0.394 e. The molecule has 4 N–H and O–H groups in total. The number of carbonyl (C=O) groups excluding carboxylic acids is 1. The maximum atomic E-state index is 13.3. The molecule has 1 aromatic carbocycles. The van der Waals surface area contributed by atoms with E-state index in [1.165, 1.54) is 17.2 Å². The van der Waals surface area contributed by atoms with Crippen LogP contribution in [0, 0.1) is 5.82 Å². The molecule has 1 aliphatic rings. The number of nitrogens with zero attached hydrogens (tertiary/aromatic N) is 3. The molecule has 3 rings (SSSR count). The predicted molar refractivity (Wildman–Crippen MR) is 107 cm³/mol. The Morgan fingerprint density at radius 1 is 1.47 bits per heavy atom. The van der Waals surface area contributed by atoms with Crippen LogP contribution in [0.2, 0.25) is 5.02 Å². The molecule has 0 radical (unpaired) electrons. The lowest BCUT2D eigenvalue weighted by Gasteiger charge is -2.30. The highest BCUT2D eigenvalue weighted by Crippen LogP contribution is 2.26. The number of hydrogen-bond donors (Lipinski definition) is 4. The number of hydroxylamine groups is 2. The van der Waals surface area contributed by atoms with E-state index in [0.717, 1.165) is 6.07 Å². The zero-order chi connectivity index (χ0) is 21.8. The van der Waals surface area contributed by atoms with Crippen LogP contribution < -0.4 is 10.6 Å². The van der Waals surface area contributed by atoms with Gasteiger partial charge in [0.05, 0.1) is 42.6 Å². The van der Waals surface area contributed by atoms with Crippen molar-refractivity contribution in [2.24, 2.45) is 0 Å². The molecule has 1 amide bonds. The summed E-state index contributed by atoms with van der Waals surface area (Å²) in [5.41, 5.74) is 1.52. The molecule has 30 heavy (non-hydrogen) atoms. The van der Waals surface area contributed by atoms with Gasteiger partial charge in [-0.15, -0.1) is 5.06 Å². The summed E-state index contributed by atoms with van der Waals surface area (Å²) in [5, 5.41) is 26.6. The number of benzene rings is 1. The van der Waals surface area contributed by atoms with Crippen molar-refractivity contribution >= 4 is 23.6 Å². The van der Waals surface area contributed by atoms with E-state index < -0.39 is 30.7 Å². The number of aromatic nitrogens is 2. The van der Waals surface area contributed by atoms with Crippen molar-refractivity contribution in [1.82, 2.24) is 20.3 Å². The maximum absolute atomic E-state index is 13.3. The third kappa shape index (κ3) is 5.33. The van der Waals surface area contributed by atoms with Crippen molar-refractivity contribution in [3.05, 3.63) is 52.1 Å². The highest BCUT2D eigenvalue weighted by molar-refractivity contribution is 6.30. The fourth-order valence-corrected chi connectivity index (χ4v) is 3.19. The number of fused-ring (bicyclic) bond motifs is 1. The molecule has 1 aliphatic heterocycles. The molecule has 2 atom stereocenters. The van der Waals surface area contributed by atoms with Crippen molar-refractivity contribution in [2.75, 3.05) is 18.5 Å². The van der Waals surface area contributed by atoms with Gasteiger partial charge in [0.2, 0.25) is 5.95 Å². The van der Waals surface area contributed by atoms with Gasteiger partial charge in [0.1, 0.15) is 5.82 Å². The van der Waals surface area contributed by atoms with E-state index in [1.54, 1.807) is 6.20 Å². The molecule has 11 heteroatoms. The molecular formula is C19H23ClFN5O4. The summed E-state index contributed by atoms with van der Waals surface area (Å²) in [6.07, 6.45) is -0.228. The van der Waals surface area contributed by atoms with Crippen LogP contribution >= 0.6 is 11.6 Å². The van der Waals surface area contributed by atoms with Crippen molar-refractivity contribution in [3.63, 3.8) is 0 Å². The van der Waals surface area contributed by atoms with Crippen LogP contribution in [0.3, 0.4) is 0 Å². The number of aliphatic hydroxyl groups is 2. The molecule has 0 fully saturated rings. The number of aliphatic hydroxyl groups excluding tert-OH is 2. The summed E-state index contributed by atoms with van der Waals surface area (Å²) in [4.78, 5) is 26.1. The topological polar surface area (TPSA) is 120 Å². The van der Waals surface area contributed by atoms with Crippen LogP contribution in [-0.4, -0.2) is 50.5 Å². The van der Waals surface area contributed by atoms with Crippen molar-refractivity contribution < 1.29 is 24.2 Å². The van der Waals surface area contributed by atoms with Crippen LogP contribution in [0.1, 0.15) is 42.8 Å². The Labute approximate surface area is 177 Å². The fraction of sp³-hybridized carbons (Fsp3) is 0.421. The zero-order valence-electron chi connectivity index (χ0n) is 16.5. The quantitative estimate of drug-likeness (QED) is 0.541. The van der Waals surface area contributed by atoms with Crippen LogP contribution in [0.4, 0.5) is 15.1 Å². The largest absolute Gasteiger partial charge is 0.426 e. The third-order valence-electron chi connectivity index (χ3n) is 4.41. The number of hydrogen-bond acceptors (Lipinski definition) is 8. The predicted octanol–water partition coefficient (Wildman–Crippen LogP) is 2.31. The first-order valence-corrected chi connectivity index (χ1v) is 9.74. The Hall–Kier alpha value is -2.53. The highest BCUT2D eigenvalue weighted by atomic mass is 35.5. The van der Waals surface area contributed by atoms with Crippen LogP contribution in [0.15, 0.2) is 24.4 Å². The van der Waals surface area contributed by atoms with E-state index in [2.05, 4.69) is 20.6 Å². The normalized spacial score (nSPS) is 17.4. The molecule has 0 aliphatic carbocycles. The molecule has 162 valence electrons. The van der Waals surface area contributed by atoms with Gasteiger partial charge in [-0.25, -0.2) is 19.2 Å². The van der Waals surface area contributed by atoms with E-state index in [-0.39, 0.29) is 24.2 Å². The Balaban J connectivity index is 1.66. The number of anilines is 1. The lowest BCUT2D eigenvalue weighted by atomic mass is 10.1. The Kier molecular flexibility index (Phi) is 7.03. The van der Waals surface area contributed by atoms with Gasteiger partial charge in [-0.1, -0.05) is 17.7 Å². The summed E-state index contributed by atoms with van der Waals surface area (Å²) in [5.74, 6) is -0.190. The van der Waals surface area contributed by atoms with E-state index in [0.29, 0.717) is 22.8 Å². The van der Waals surface area contributed by atoms with Gasteiger partial charge >= 0.3 is 6.09 Å². The number of halogens is 2. The highest BCUT2D eigenvalue weighted by Gasteiger charge is 2.29. The molecule has 2 aromatic rings. The van der Waals surface area contributed by atoms with Gasteiger partial charge in [-0.3, -0.25) is 0 Å². The van der Waals surface area contributed by atoms with Crippen molar-refractivity contribution in [2.45, 2.75) is 38.6 Å². The monoisotopic (exact) mass is 439 g/mol. The smallest absolute Gasteiger partial charge is 0.394 e. The summed E-state index contributed by atoms with van der Waals surface area (Å²) in [6.45, 7) is 3.64. The fourth-order valence-electron chi connectivity index (χ4n) is 3.00. The van der Waals surface area contributed by atoms with Crippen molar-refractivity contribution in [3.8, 4) is 0 Å². The average molecular weight is 440 g/mol.